The molecule has 1 heterocycles. The number of ether oxygens (including phenoxy) is 1. The highest BCUT2D eigenvalue weighted by Crippen LogP contribution is 2.43. The van der Waals surface area contributed by atoms with Crippen LogP contribution in [0, 0.1) is 11.3 Å². The van der Waals surface area contributed by atoms with Gasteiger partial charge < -0.3 is 14.9 Å². The van der Waals surface area contributed by atoms with Gasteiger partial charge in [0.15, 0.2) is 9.04 Å². The Morgan fingerprint density at radius 1 is 1.27 bits per heavy atom. The van der Waals surface area contributed by atoms with E-state index in [-0.39, 0.29) is 11.5 Å². The molecule has 1 aliphatic heterocycles. The van der Waals surface area contributed by atoms with Crippen LogP contribution in [0.5, 0.6) is 0 Å². The molecular weight excluding hydrogens is 296 g/mol. The molecule has 1 aliphatic rings. The molecule has 0 saturated carbocycles. The molecule has 0 aliphatic carbocycles. The molecule has 130 valence electrons. The van der Waals surface area contributed by atoms with Crippen LogP contribution >= 0.6 is 0 Å². The van der Waals surface area contributed by atoms with Crippen molar-refractivity contribution in [3.05, 3.63) is 0 Å². The molecular formula is C16H34N2O3Si. The van der Waals surface area contributed by atoms with Gasteiger partial charge in [-0.25, -0.2) is 4.79 Å². The molecule has 0 aromatic heterocycles. The number of carbonyl (C=O) groups is 1. The fraction of sp³-hybridized carbons (Fsp3) is 0.938. The van der Waals surface area contributed by atoms with Gasteiger partial charge in [-0.2, -0.15) is 0 Å². The Labute approximate surface area is 137 Å². The summed E-state index contributed by atoms with van der Waals surface area (Å²) in [5, 5.41) is 0. The molecule has 2 atom stereocenters. The first kappa shape index (κ1) is 19.5. The zero-order valence-corrected chi connectivity index (χ0v) is 16.7. The predicted molar refractivity (Wildman–Crippen MR) is 92.2 cm³/mol. The molecule has 1 saturated heterocycles. The number of hydrogen-bond acceptors (Lipinski definition) is 4. The van der Waals surface area contributed by atoms with Crippen LogP contribution in [-0.2, 0) is 9.16 Å². The van der Waals surface area contributed by atoms with E-state index in [1.165, 1.54) is 0 Å². The summed E-state index contributed by atoms with van der Waals surface area (Å²) < 4.78 is 11.8. The molecule has 0 aromatic rings. The average Bonchev–Trinajstić information content (AvgIpc) is 2.65. The van der Waals surface area contributed by atoms with Gasteiger partial charge in [0.2, 0.25) is 0 Å². The van der Waals surface area contributed by atoms with Crippen molar-refractivity contribution in [3.8, 4) is 0 Å². The summed E-state index contributed by atoms with van der Waals surface area (Å²) in [6.45, 7) is 17.4. The number of likely N-dealkylation sites (tertiary alicyclic amines) is 1. The van der Waals surface area contributed by atoms with E-state index < -0.39 is 20.4 Å². The highest BCUT2D eigenvalue weighted by Gasteiger charge is 2.52. The molecule has 0 bridgehead atoms. The summed E-state index contributed by atoms with van der Waals surface area (Å²) >= 11 is 0. The number of nitrogens with two attached hydrogens (primary N) is 1. The Morgan fingerprint density at radius 3 is 2.18 bits per heavy atom. The van der Waals surface area contributed by atoms with Crippen LogP contribution < -0.4 is 5.73 Å². The first-order chi connectivity index (χ1) is 9.81. The van der Waals surface area contributed by atoms with Crippen LogP contribution in [0.15, 0.2) is 0 Å². The van der Waals surface area contributed by atoms with E-state index in [1.54, 1.807) is 4.90 Å². The molecule has 2 N–H and O–H groups in total. The SMILES string of the molecule is C[SiH](C)O[C@]1(CN)C[C@H](C(C)(C)C)CN1C(=O)OC(C)(C)C. The summed E-state index contributed by atoms with van der Waals surface area (Å²) in [4.78, 5) is 14.4. The van der Waals surface area contributed by atoms with Crippen molar-refractivity contribution in [2.45, 2.75) is 72.4 Å². The van der Waals surface area contributed by atoms with E-state index >= 15 is 0 Å². The van der Waals surface area contributed by atoms with Crippen LogP contribution in [0.2, 0.25) is 13.1 Å². The quantitative estimate of drug-likeness (QED) is 0.808. The predicted octanol–water partition coefficient (Wildman–Crippen LogP) is 2.94. The van der Waals surface area contributed by atoms with Crippen molar-refractivity contribution < 1.29 is 14.0 Å². The van der Waals surface area contributed by atoms with Crippen molar-refractivity contribution >= 4 is 15.1 Å². The molecule has 0 aromatic carbocycles. The summed E-state index contributed by atoms with van der Waals surface area (Å²) in [7, 11) is -1.35. The van der Waals surface area contributed by atoms with Crippen LogP contribution in [0.1, 0.15) is 48.0 Å². The van der Waals surface area contributed by atoms with Gasteiger partial charge >= 0.3 is 6.09 Å². The van der Waals surface area contributed by atoms with Gasteiger partial charge in [0.05, 0.1) is 0 Å². The van der Waals surface area contributed by atoms with Gasteiger partial charge in [0, 0.05) is 19.5 Å². The Kier molecular flexibility index (Phi) is 5.74. The standard InChI is InChI=1S/C16H34N2O3Si/c1-14(2,3)12-9-16(11-17,21-22(7)8)18(10-12)13(19)20-15(4,5)6/h12,22H,9-11,17H2,1-8H3/t12-,16-/m0/s1. The minimum absolute atomic E-state index is 0.0963. The number of rotatable bonds is 3. The summed E-state index contributed by atoms with van der Waals surface area (Å²) in [6.07, 6.45) is 0.455. The van der Waals surface area contributed by atoms with Gasteiger partial charge in [-0.15, -0.1) is 0 Å². The van der Waals surface area contributed by atoms with Crippen molar-refractivity contribution in [1.82, 2.24) is 4.90 Å². The van der Waals surface area contributed by atoms with Gasteiger partial charge in [-0.3, -0.25) is 4.90 Å². The monoisotopic (exact) mass is 330 g/mol. The molecule has 1 rings (SSSR count). The van der Waals surface area contributed by atoms with Crippen LogP contribution in [0.3, 0.4) is 0 Å². The molecule has 22 heavy (non-hydrogen) atoms. The summed E-state index contributed by atoms with van der Waals surface area (Å²) in [6, 6.07) is 0. The number of carbonyl (C=O) groups excluding carboxylic acids is 1. The van der Waals surface area contributed by atoms with Crippen LogP contribution in [0.25, 0.3) is 0 Å². The number of nitrogens with zero attached hydrogens (tertiary/aromatic N) is 1. The second-order valence-electron chi connectivity index (χ2n) is 8.67. The molecule has 0 radical (unpaired) electrons. The minimum atomic E-state index is -1.35. The third-order valence-electron chi connectivity index (χ3n) is 4.07. The molecule has 5 nitrogen and oxygen atoms in total. The van der Waals surface area contributed by atoms with Crippen molar-refractivity contribution in [2.24, 2.45) is 17.1 Å². The second-order valence-corrected chi connectivity index (χ2v) is 11.0. The molecule has 6 heteroatoms. The average molecular weight is 331 g/mol. The summed E-state index contributed by atoms with van der Waals surface area (Å²) in [5.74, 6) is 0.344. The van der Waals surface area contributed by atoms with Gasteiger partial charge in [-0.05, 0) is 45.2 Å². The Hall–Kier alpha value is -0.593. The fourth-order valence-corrected chi connectivity index (χ4v) is 4.07. The largest absolute Gasteiger partial charge is 0.444 e. The van der Waals surface area contributed by atoms with E-state index in [2.05, 4.69) is 33.9 Å². The highest BCUT2D eigenvalue weighted by molar-refractivity contribution is 6.48. The third-order valence-corrected chi connectivity index (χ3v) is 4.98. The topological polar surface area (TPSA) is 64.8 Å². The van der Waals surface area contributed by atoms with Gasteiger partial charge in [-0.1, -0.05) is 20.8 Å². The molecule has 0 spiro atoms. The maximum atomic E-state index is 12.7. The van der Waals surface area contributed by atoms with Crippen molar-refractivity contribution in [1.29, 1.82) is 0 Å². The lowest BCUT2D eigenvalue weighted by molar-refractivity contribution is -0.0621. The minimum Gasteiger partial charge on any atom is -0.444 e. The maximum absolute atomic E-state index is 12.7. The lowest BCUT2D eigenvalue weighted by Gasteiger charge is -2.39. The highest BCUT2D eigenvalue weighted by atomic mass is 28.3. The van der Waals surface area contributed by atoms with E-state index in [0.717, 1.165) is 6.42 Å². The normalized spacial score (nSPS) is 26.6. The van der Waals surface area contributed by atoms with Gasteiger partial charge in [0.1, 0.15) is 11.3 Å². The van der Waals surface area contributed by atoms with Crippen molar-refractivity contribution in [3.63, 3.8) is 0 Å². The lowest BCUT2D eigenvalue weighted by Crippen LogP contribution is -2.56. The van der Waals surface area contributed by atoms with E-state index in [4.69, 9.17) is 14.9 Å². The molecule has 1 amide bonds. The Morgan fingerprint density at radius 2 is 1.82 bits per heavy atom. The fourth-order valence-electron chi connectivity index (χ4n) is 2.88. The number of hydrogen-bond donors (Lipinski definition) is 1. The molecule has 1 fully saturated rings. The van der Waals surface area contributed by atoms with Gasteiger partial charge in [0.25, 0.3) is 0 Å². The summed E-state index contributed by atoms with van der Waals surface area (Å²) in [5.41, 5.74) is 4.93. The van der Waals surface area contributed by atoms with Crippen LogP contribution in [-0.4, -0.2) is 44.4 Å². The third kappa shape index (κ3) is 4.70. The smallest absolute Gasteiger partial charge is 0.412 e. The van der Waals surface area contributed by atoms with E-state index in [1.807, 2.05) is 20.8 Å². The number of amides is 1. The first-order valence-electron chi connectivity index (χ1n) is 8.19. The zero-order chi connectivity index (χ0) is 17.3. The Bertz CT molecular complexity index is 401. The maximum Gasteiger partial charge on any atom is 0.412 e. The molecule has 0 unspecified atom stereocenters. The Balaban J connectivity index is 3.09. The first-order valence-corrected chi connectivity index (χ1v) is 11.0. The second kappa shape index (κ2) is 6.49. The lowest BCUT2D eigenvalue weighted by atomic mass is 9.79. The zero-order valence-electron chi connectivity index (χ0n) is 15.5. The van der Waals surface area contributed by atoms with Crippen LogP contribution in [0.4, 0.5) is 4.79 Å². The van der Waals surface area contributed by atoms with E-state index in [9.17, 15) is 4.79 Å². The van der Waals surface area contributed by atoms with E-state index in [0.29, 0.717) is 19.0 Å². The van der Waals surface area contributed by atoms with Crippen molar-refractivity contribution in [2.75, 3.05) is 13.1 Å².